The highest BCUT2D eigenvalue weighted by Crippen LogP contribution is 2.31. The molecule has 0 aromatic rings. The molecule has 1 unspecified atom stereocenters. The van der Waals surface area contributed by atoms with Gasteiger partial charge in [0.25, 0.3) is 0 Å². The van der Waals surface area contributed by atoms with Crippen molar-refractivity contribution in [3.05, 3.63) is 5.92 Å². The van der Waals surface area contributed by atoms with Gasteiger partial charge in [0.05, 0.1) is 6.07 Å². The van der Waals surface area contributed by atoms with Gasteiger partial charge in [0, 0.05) is 0 Å². The average molecular weight is 98.1 g/mol. The second kappa shape index (κ2) is 1.49. The van der Waals surface area contributed by atoms with E-state index in [2.05, 4.69) is 0 Å². The maximum absolute atomic E-state index is 11.9. The summed E-state index contributed by atoms with van der Waals surface area (Å²) in [5.74, 6) is 0.417. The Bertz CT molecular complexity index is 105. The van der Waals surface area contributed by atoms with Crippen molar-refractivity contribution in [3.63, 3.8) is 0 Å². The largest absolute Gasteiger partial charge is 0.246 e. The fraction of sp³-hybridized carbons (Fsp3) is 0.600. The summed E-state index contributed by atoms with van der Waals surface area (Å²) in [7, 11) is 0. The number of nitriles is 1. The highest BCUT2D eigenvalue weighted by molar-refractivity contribution is 5.22. The summed E-state index contributed by atoms with van der Waals surface area (Å²) in [4.78, 5) is 0. The predicted octanol–water partition coefficient (Wildman–Crippen LogP) is 1.22. The van der Waals surface area contributed by atoms with E-state index in [9.17, 15) is 4.39 Å². The van der Waals surface area contributed by atoms with E-state index in [1.165, 1.54) is 0 Å². The number of alkyl halides is 1. The molecule has 7 heavy (non-hydrogen) atoms. The summed E-state index contributed by atoms with van der Waals surface area (Å²) in [5.41, 5.74) is 0. The molecule has 1 atom stereocenters. The number of rotatable bonds is 0. The van der Waals surface area contributed by atoms with Gasteiger partial charge in [-0.25, -0.2) is 4.39 Å². The Kier molecular flexibility index (Phi) is 0.976. The molecule has 0 heterocycles. The first kappa shape index (κ1) is 4.58. The van der Waals surface area contributed by atoms with E-state index in [-0.39, 0.29) is 0 Å². The van der Waals surface area contributed by atoms with E-state index in [0.717, 1.165) is 0 Å². The molecule has 0 aromatic heterocycles. The van der Waals surface area contributed by atoms with Gasteiger partial charge in [-0.3, -0.25) is 0 Å². The van der Waals surface area contributed by atoms with Crippen LogP contribution >= 0.6 is 0 Å². The Morgan fingerprint density at radius 2 is 2.57 bits per heavy atom. The lowest BCUT2D eigenvalue weighted by Crippen LogP contribution is -2.22. The van der Waals surface area contributed by atoms with Gasteiger partial charge in [-0.15, -0.1) is 0 Å². The molecule has 0 N–H and O–H groups in total. The van der Waals surface area contributed by atoms with Gasteiger partial charge in [-0.1, -0.05) is 0 Å². The van der Waals surface area contributed by atoms with Gasteiger partial charge < -0.3 is 0 Å². The van der Waals surface area contributed by atoms with E-state index in [1.54, 1.807) is 6.07 Å². The van der Waals surface area contributed by atoms with Crippen molar-refractivity contribution < 1.29 is 4.39 Å². The molecule has 1 aliphatic carbocycles. The lowest BCUT2D eigenvalue weighted by atomic mass is 9.85. The Hall–Kier alpha value is -0.580. The molecule has 0 bridgehead atoms. The van der Waals surface area contributed by atoms with Crippen molar-refractivity contribution in [1.82, 2.24) is 0 Å². The summed E-state index contributed by atoms with van der Waals surface area (Å²) < 4.78 is 11.9. The van der Waals surface area contributed by atoms with E-state index < -0.39 is 6.17 Å². The number of halogens is 1. The third kappa shape index (κ3) is 0.584. The van der Waals surface area contributed by atoms with Gasteiger partial charge in [0.2, 0.25) is 0 Å². The van der Waals surface area contributed by atoms with Gasteiger partial charge in [-0.2, -0.15) is 5.26 Å². The smallest absolute Gasteiger partial charge is 0.120 e. The summed E-state index contributed by atoms with van der Waals surface area (Å²) in [5, 5.41) is 8.03. The van der Waals surface area contributed by atoms with Gasteiger partial charge >= 0.3 is 0 Å². The van der Waals surface area contributed by atoms with E-state index in [0.29, 0.717) is 18.8 Å². The standard InChI is InChI=1S/C5H5FN/c6-5-2-1-4(5)3-7/h5H,1-2H2. The lowest BCUT2D eigenvalue weighted by Gasteiger charge is -2.21. The number of hydrogen-bond donors (Lipinski definition) is 0. The maximum atomic E-state index is 11.9. The van der Waals surface area contributed by atoms with Gasteiger partial charge in [0.15, 0.2) is 0 Å². The fourth-order valence-electron chi connectivity index (χ4n) is 0.524. The fourth-order valence-corrected chi connectivity index (χ4v) is 0.524. The first-order valence-electron chi connectivity index (χ1n) is 2.24. The van der Waals surface area contributed by atoms with Crippen LogP contribution in [0.5, 0.6) is 0 Å². The summed E-state index contributed by atoms with van der Waals surface area (Å²) in [6.45, 7) is 0. The van der Waals surface area contributed by atoms with Crippen molar-refractivity contribution in [1.29, 1.82) is 5.26 Å². The molecule has 1 fully saturated rings. The van der Waals surface area contributed by atoms with Gasteiger partial charge in [0.1, 0.15) is 12.1 Å². The van der Waals surface area contributed by atoms with Crippen molar-refractivity contribution >= 4 is 0 Å². The molecule has 0 aliphatic heterocycles. The summed E-state index contributed by atoms with van der Waals surface area (Å²) in [6, 6.07) is 1.79. The third-order valence-corrected chi connectivity index (χ3v) is 1.19. The third-order valence-electron chi connectivity index (χ3n) is 1.19. The predicted molar refractivity (Wildman–Crippen MR) is 23.0 cm³/mol. The zero-order valence-electron chi connectivity index (χ0n) is 3.82. The van der Waals surface area contributed by atoms with Crippen LogP contribution in [-0.4, -0.2) is 6.17 Å². The quantitative estimate of drug-likeness (QED) is 0.446. The van der Waals surface area contributed by atoms with E-state index >= 15 is 0 Å². The molecule has 1 saturated carbocycles. The minimum Gasteiger partial charge on any atom is -0.246 e. The molecular formula is C5H5FN. The van der Waals surface area contributed by atoms with Crippen molar-refractivity contribution in [3.8, 4) is 6.07 Å². The monoisotopic (exact) mass is 98.0 g/mol. The highest BCUT2D eigenvalue weighted by Gasteiger charge is 2.31. The minimum atomic E-state index is -0.898. The van der Waals surface area contributed by atoms with Crippen LogP contribution in [0.15, 0.2) is 0 Å². The molecule has 0 amide bonds. The Morgan fingerprint density at radius 1 is 1.86 bits per heavy atom. The zero-order chi connectivity index (χ0) is 5.28. The molecule has 1 rings (SSSR count). The molecular weight excluding hydrogens is 93.1 g/mol. The average Bonchev–Trinajstić information content (AvgIpc) is 1.65. The molecule has 1 aliphatic rings. The molecule has 0 saturated heterocycles. The van der Waals surface area contributed by atoms with E-state index in [1.807, 2.05) is 0 Å². The first-order chi connectivity index (χ1) is 3.34. The molecule has 0 aromatic carbocycles. The Labute approximate surface area is 41.8 Å². The molecule has 1 radical (unpaired) electrons. The Morgan fingerprint density at radius 3 is 2.57 bits per heavy atom. The molecule has 2 heteroatoms. The second-order valence-electron chi connectivity index (χ2n) is 1.64. The lowest BCUT2D eigenvalue weighted by molar-refractivity contribution is 0.262. The molecule has 37 valence electrons. The highest BCUT2D eigenvalue weighted by atomic mass is 19.1. The zero-order valence-corrected chi connectivity index (χ0v) is 3.82. The van der Waals surface area contributed by atoms with Crippen LogP contribution in [0.4, 0.5) is 4.39 Å². The second-order valence-corrected chi connectivity index (χ2v) is 1.64. The topological polar surface area (TPSA) is 23.8 Å². The summed E-state index contributed by atoms with van der Waals surface area (Å²) >= 11 is 0. The van der Waals surface area contributed by atoms with Crippen molar-refractivity contribution in [2.24, 2.45) is 0 Å². The van der Waals surface area contributed by atoms with Crippen LogP contribution < -0.4 is 0 Å². The first-order valence-corrected chi connectivity index (χ1v) is 2.24. The van der Waals surface area contributed by atoms with Crippen LogP contribution in [0.1, 0.15) is 12.8 Å². The van der Waals surface area contributed by atoms with Crippen LogP contribution in [0.3, 0.4) is 0 Å². The molecule has 1 nitrogen and oxygen atoms in total. The Balaban J connectivity index is 2.33. The van der Waals surface area contributed by atoms with Crippen LogP contribution in [0, 0.1) is 17.2 Å². The van der Waals surface area contributed by atoms with Crippen LogP contribution in [0.2, 0.25) is 0 Å². The minimum absolute atomic E-state index is 0.417. The van der Waals surface area contributed by atoms with E-state index in [4.69, 9.17) is 5.26 Å². The SMILES string of the molecule is N#C[C]1CCC1F. The van der Waals surface area contributed by atoms with Crippen molar-refractivity contribution in [2.75, 3.05) is 0 Å². The molecule has 0 spiro atoms. The number of nitrogens with zero attached hydrogens (tertiary/aromatic N) is 1. The summed E-state index contributed by atoms with van der Waals surface area (Å²) in [6.07, 6.45) is 0.339. The van der Waals surface area contributed by atoms with Crippen LogP contribution in [0.25, 0.3) is 0 Å². The van der Waals surface area contributed by atoms with Gasteiger partial charge in [-0.05, 0) is 12.8 Å². The number of hydrogen-bond acceptors (Lipinski definition) is 1. The van der Waals surface area contributed by atoms with Crippen LogP contribution in [-0.2, 0) is 0 Å². The van der Waals surface area contributed by atoms with Crippen molar-refractivity contribution in [2.45, 2.75) is 19.0 Å². The normalized spacial score (nSPS) is 31.1. The maximum Gasteiger partial charge on any atom is 0.120 e.